The summed E-state index contributed by atoms with van der Waals surface area (Å²) in [6.45, 7) is 0.507. The SMILES string of the molecule is O=C(NCCNC(=O)N1CCC(C(=O)O)C1)c1c(F)cccc1F. The number of carboxylic acid groups (broad SMARTS) is 1. The Labute approximate surface area is 136 Å². The van der Waals surface area contributed by atoms with E-state index in [0.717, 1.165) is 18.2 Å². The number of aliphatic carboxylic acids is 1. The van der Waals surface area contributed by atoms with E-state index in [9.17, 15) is 23.2 Å². The average molecular weight is 341 g/mol. The first-order valence-electron chi connectivity index (χ1n) is 7.38. The summed E-state index contributed by atoms with van der Waals surface area (Å²) in [6.07, 6.45) is 0.395. The van der Waals surface area contributed by atoms with Crippen LogP contribution in [0.4, 0.5) is 13.6 Å². The van der Waals surface area contributed by atoms with Gasteiger partial charge in [0, 0.05) is 26.2 Å². The second-order valence-corrected chi connectivity index (χ2v) is 5.35. The largest absolute Gasteiger partial charge is 0.481 e. The molecule has 1 aromatic carbocycles. The minimum Gasteiger partial charge on any atom is -0.481 e. The lowest BCUT2D eigenvalue weighted by Gasteiger charge is -2.16. The van der Waals surface area contributed by atoms with Crippen molar-refractivity contribution in [1.82, 2.24) is 15.5 Å². The molecule has 3 amide bonds. The molecule has 3 N–H and O–H groups in total. The van der Waals surface area contributed by atoms with Gasteiger partial charge in [-0.2, -0.15) is 0 Å². The lowest BCUT2D eigenvalue weighted by Crippen LogP contribution is -2.42. The number of carbonyl (C=O) groups is 3. The molecule has 130 valence electrons. The van der Waals surface area contributed by atoms with Gasteiger partial charge in [-0.3, -0.25) is 9.59 Å². The third kappa shape index (κ3) is 4.18. The number of carboxylic acids is 1. The number of likely N-dealkylation sites (tertiary alicyclic amines) is 1. The second kappa shape index (κ2) is 7.71. The molecule has 0 saturated carbocycles. The molecule has 1 fully saturated rings. The first kappa shape index (κ1) is 17.6. The van der Waals surface area contributed by atoms with Crippen molar-refractivity contribution in [3.05, 3.63) is 35.4 Å². The number of hydrogen-bond donors (Lipinski definition) is 3. The van der Waals surface area contributed by atoms with Crippen LogP contribution in [0.2, 0.25) is 0 Å². The highest BCUT2D eigenvalue weighted by Gasteiger charge is 2.30. The third-order valence-electron chi connectivity index (χ3n) is 3.70. The van der Waals surface area contributed by atoms with Crippen molar-refractivity contribution in [2.45, 2.75) is 6.42 Å². The Morgan fingerprint density at radius 2 is 1.79 bits per heavy atom. The number of amides is 3. The molecule has 7 nitrogen and oxygen atoms in total. The van der Waals surface area contributed by atoms with Gasteiger partial charge in [0.25, 0.3) is 5.91 Å². The van der Waals surface area contributed by atoms with Crippen molar-refractivity contribution in [1.29, 1.82) is 0 Å². The van der Waals surface area contributed by atoms with Crippen molar-refractivity contribution in [3.8, 4) is 0 Å². The summed E-state index contributed by atoms with van der Waals surface area (Å²) in [6, 6.07) is 2.67. The van der Waals surface area contributed by atoms with Crippen LogP contribution in [-0.2, 0) is 4.79 Å². The number of carbonyl (C=O) groups excluding carboxylic acids is 2. The molecular formula is C15H17F2N3O4. The van der Waals surface area contributed by atoms with Crippen molar-refractivity contribution in [2.75, 3.05) is 26.2 Å². The van der Waals surface area contributed by atoms with Crippen LogP contribution >= 0.6 is 0 Å². The maximum atomic E-state index is 13.4. The van der Waals surface area contributed by atoms with Crippen molar-refractivity contribution in [2.24, 2.45) is 5.92 Å². The molecule has 24 heavy (non-hydrogen) atoms. The van der Waals surface area contributed by atoms with Gasteiger partial charge in [0.2, 0.25) is 0 Å². The Balaban J connectivity index is 1.74. The standard InChI is InChI=1S/C15H17F2N3O4/c16-10-2-1-3-11(17)12(10)13(21)18-5-6-19-15(24)20-7-4-9(8-20)14(22)23/h1-3,9H,4-8H2,(H,18,21)(H,19,24)(H,22,23). The first-order chi connectivity index (χ1) is 11.4. The summed E-state index contributed by atoms with van der Waals surface area (Å²) in [5.41, 5.74) is -0.673. The Morgan fingerprint density at radius 1 is 1.17 bits per heavy atom. The summed E-state index contributed by atoms with van der Waals surface area (Å²) in [5, 5.41) is 13.7. The van der Waals surface area contributed by atoms with E-state index in [4.69, 9.17) is 5.11 Å². The minimum absolute atomic E-state index is 0.0193. The molecule has 1 aliphatic rings. The number of benzene rings is 1. The third-order valence-corrected chi connectivity index (χ3v) is 3.70. The molecule has 9 heteroatoms. The molecular weight excluding hydrogens is 324 g/mol. The highest BCUT2D eigenvalue weighted by atomic mass is 19.1. The molecule has 0 radical (unpaired) electrons. The van der Waals surface area contributed by atoms with E-state index < -0.39 is 41.0 Å². The predicted octanol–water partition coefficient (Wildman–Crippen LogP) is 0.811. The van der Waals surface area contributed by atoms with Gasteiger partial charge in [-0.15, -0.1) is 0 Å². The van der Waals surface area contributed by atoms with E-state index in [-0.39, 0.29) is 19.6 Å². The Morgan fingerprint density at radius 3 is 2.38 bits per heavy atom. The molecule has 1 atom stereocenters. The van der Waals surface area contributed by atoms with Crippen molar-refractivity contribution >= 4 is 17.9 Å². The fourth-order valence-electron chi connectivity index (χ4n) is 2.41. The summed E-state index contributed by atoms with van der Waals surface area (Å²) in [4.78, 5) is 35.8. The zero-order valence-corrected chi connectivity index (χ0v) is 12.7. The van der Waals surface area contributed by atoms with Gasteiger partial charge in [-0.25, -0.2) is 13.6 Å². The predicted molar refractivity (Wildman–Crippen MR) is 79.4 cm³/mol. The molecule has 1 saturated heterocycles. The summed E-state index contributed by atoms with van der Waals surface area (Å²) >= 11 is 0. The lowest BCUT2D eigenvalue weighted by atomic mass is 10.1. The van der Waals surface area contributed by atoms with Crippen molar-refractivity contribution in [3.63, 3.8) is 0 Å². The highest BCUT2D eigenvalue weighted by Crippen LogP contribution is 2.16. The van der Waals surface area contributed by atoms with Crippen LogP contribution in [0.3, 0.4) is 0 Å². The van der Waals surface area contributed by atoms with Gasteiger partial charge in [-0.05, 0) is 18.6 Å². The monoisotopic (exact) mass is 341 g/mol. The number of halogens is 2. The summed E-state index contributed by atoms with van der Waals surface area (Å²) in [7, 11) is 0. The number of rotatable bonds is 5. The second-order valence-electron chi connectivity index (χ2n) is 5.35. The van der Waals surface area contributed by atoms with E-state index >= 15 is 0 Å². The molecule has 2 rings (SSSR count). The van der Waals surface area contributed by atoms with Gasteiger partial charge < -0.3 is 20.6 Å². The molecule has 1 aliphatic heterocycles. The van der Waals surface area contributed by atoms with Crippen LogP contribution in [-0.4, -0.2) is 54.1 Å². The maximum absolute atomic E-state index is 13.4. The molecule has 1 heterocycles. The fraction of sp³-hybridized carbons (Fsp3) is 0.400. The van der Waals surface area contributed by atoms with E-state index in [1.165, 1.54) is 4.90 Å². The van der Waals surface area contributed by atoms with Gasteiger partial charge >= 0.3 is 12.0 Å². The van der Waals surface area contributed by atoms with Gasteiger partial charge in [0.15, 0.2) is 0 Å². The number of urea groups is 1. The minimum atomic E-state index is -0.965. The number of nitrogens with zero attached hydrogens (tertiary/aromatic N) is 1. The topological polar surface area (TPSA) is 98.7 Å². The molecule has 0 bridgehead atoms. The molecule has 1 unspecified atom stereocenters. The Bertz CT molecular complexity index is 633. The molecule has 0 aromatic heterocycles. The maximum Gasteiger partial charge on any atom is 0.317 e. The first-order valence-corrected chi connectivity index (χ1v) is 7.38. The van der Waals surface area contributed by atoms with Crippen LogP contribution in [0, 0.1) is 17.6 Å². The number of nitrogens with one attached hydrogen (secondary N) is 2. The van der Waals surface area contributed by atoms with Crippen LogP contribution < -0.4 is 10.6 Å². The van der Waals surface area contributed by atoms with E-state index in [1.54, 1.807) is 0 Å². The van der Waals surface area contributed by atoms with Crippen molar-refractivity contribution < 1.29 is 28.3 Å². The van der Waals surface area contributed by atoms with Gasteiger partial charge in [-0.1, -0.05) is 6.07 Å². The van der Waals surface area contributed by atoms with E-state index in [2.05, 4.69) is 10.6 Å². The zero-order chi connectivity index (χ0) is 17.7. The normalized spacial score (nSPS) is 16.8. The average Bonchev–Trinajstić information content (AvgIpc) is 3.01. The molecule has 1 aromatic rings. The molecule has 0 aliphatic carbocycles. The Kier molecular flexibility index (Phi) is 5.67. The van der Waals surface area contributed by atoms with Gasteiger partial charge in [0.05, 0.1) is 5.92 Å². The van der Waals surface area contributed by atoms with E-state index in [0.29, 0.717) is 13.0 Å². The van der Waals surface area contributed by atoms with Crippen LogP contribution in [0.15, 0.2) is 18.2 Å². The smallest absolute Gasteiger partial charge is 0.317 e. The summed E-state index contributed by atoms with van der Waals surface area (Å²) in [5.74, 6) is -4.35. The zero-order valence-electron chi connectivity index (χ0n) is 12.7. The van der Waals surface area contributed by atoms with Crippen LogP contribution in [0.5, 0.6) is 0 Å². The van der Waals surface area contributed by atoms with E-state index in [1.807, 2.05) is 0 Å². The quantitative estimate of drug-likeness (QED) is 0.690. The summed E-state index contributed by atoms with van der Waals surface area (Å²) < 4.78 is 26.8. The lowest BCUT2D eigenvalue weighted by molar-refractivity contribution is -0.141. The fourth-order valence-corrected chi connectivity index (χ4v) is 2.41. The van der Waals surface area contributed by atoms with Gasteiger partial charge in [0.1, 0.15) is 17.2 Å². The highest BCUT2D eigenvalue weighted by molar-refractivity contribution is 5.94. The van der Waals surface area contributed by atoms with Crippen LogP contribution in [0.25, 0.3) is 0 Å². The number of hydrogen-bond acceptors (Lipinski definition) is 3. The Hall–Kier alpha value is -2.71. The van der Waals surface area contributed by atoms with Crippen LogP contribution in [0.1, 0.15) is 16.8 Å². The molecule has 0 spiro atoms.